The molecule has 14 heavy (non-hydrogen) atoms. The van der Waals surface area contributed by atoms with E-state index in [0.29, 0.717) is 0 Å². The lowest BCUT2D eigenvalue weighted by Crippen LogP contribution is -1.88. The molecule has 0 aliphatic carbocycles. The zero-order chi connectivity index (χ0) is 9.97. The van der Waals surface area contributed by atoms with Crippen LogP contribution in [-0.4, -0.2) is 4.98 Å². The summed E-state index contributed by atoms with van der Waals surface area (Å²) in [4.78, 5) is 4.25. The van der Waals surface area contributed by atoms with E-state index in [1.807, 2.05) is 17.5 Å². The van der Waals surface area contributed by atoms with Crippen molar-refractivity contribution in [2.24, 2.45) is 0 Å². The Bertz CT molecular complexity index is 427. The molecule has 0 atom stereocenters. The number of anilines is 2. The van der Waals surface area contributed by atoms with Crippen molar-refractivity contribution in [3.8, 4) is 0 Å². The van der Waals surface area contributed by atoms with Crippen LogP contribution in [0.15, 0.2) is 34.2 Å². The molecule has 1 aromatic carbocycles. The summed E-state index contributed by atoms with van der Waals surface area (Å²) in [6, 6.07) is 8.20. The van der Waals surface area contributed by atoms with Gasteiger partial charge in [0, 0.05) is 14.6 Å². The molecule has 1 aromatic heterocycles. The summed E-state index contributed by atoms with van der Waals surface area (Å²) < 4.78 is 2.10. The minimum atomic E-state index is 0.871. The number of nitrogens with one attached hydrogen (secondary N) is 1. The van der Waals surface area contributed by atoms with Crippen LogP contribution in [0.3, 0.4) is 0 Å². The van der Waals surface area contributed by atoms with Gasteiger partial charge in [-0.25, -0.2) is 4.98 Å². The zero-order valence-corrected chi connectivity index (χ0v) is 11.6. The lowest BCUT2D eigenvalue weighted by Gasteiger charge is -2.01. The van der Waals surface area contributed by atoms with E-state index in [4.69, 9.17) is 0 Å². The van der Waals surface area contributed by atoms with Gasteiger partial charge in [-0.15, -0.1) is 11.3 Å². The molecule has 0 amide bonds. The minimum absolute atomic E-state index is 0.871. The van der Waals surface area contributed by atoms with Crippen LogP contribution >= 0.6 is 49.9 Å². The fraction of sp³-hybridized carbons (Fsp3) is 0. The molecule has 2 nitrogen and oxygen atoms in total. The first-order chi connectivity index (χ1) is 6.74. The normalized spacial score (nSPS) is 10.1. The molecule has 0 bridgehead atoms. The van der Waals surface area contributed by atoms with Gasteiger partial charge in [0.25, 0.3) is 0 Å². The van der Waals surface area contributed by atoms with E-state index < -0.39 is 0 Å². The molecular weight excluding hydrogens is 375 g/mol. The van der Waals surface area contributed by atoms with Gasteiger partial charge in [-0.3, -0.25) is 0 Å². The highest BCUT2D eigenvalue weighted by Crippen LogP contribution is 2.23. The van der Waals surface area contributed by atoms with Crippen LogP contribution < -0.4 is 5.32 Å². The highest BCUT2D eigenvalue weighted by atomic mass is 127. The second kappa shape index (κ2) is 4.59. The summed E-state index contributed by atoms with van der Waals surface area (Å²) in [5.41, 5.74) is 1.06. The van der Waals surface area contributed by atoms with E-state index in [1.54, 1.807) is 11.3 Å². The molecule has 2 aromatic rings. The minimum Gasteiger partial charge on any atom is -0.332 e. The van der Waals surface area contributed by atoms with Crippen molar-refractivity contribution < 1.29 is 0 Å². The van der Waals surface area contributed by atoms with Crippen molar-refractivity contribution in [3.05, 3.63) is 37.8 Å². The van der Waals surface area contributed by atoms with Crippen LogP contribution in [0.25, 0.3) is 0 Å². The average Bonchev–Trinajstić information content (AvgIpc) is 2.56. The van der Waals surface area contributed by atoms with E-state index in [0.717, 1.165) is 15.4 Å². The predicted octanol–water partition coefficient (Wildman–Crippen LogP) is 4.25. The van der Waals surface area contributed by atoms with E-state index >= 15 is 0 Å². The third kappa shape index (κ3) is 2.68. The predicted molar refractivity (Wildman–Crippen MR) is 72.3 cm³/mol. The quantitative estimate of drug-likeness (QED) is 0.787. The lowest BCUT2D eigenvalue weighted by molar-refractivity contribution is 1.34. The van der Waals surface area contributed by atoms with Gasteiger partial charge in [-0.05, 0) is 62.8 Å². The molecule has 0 radical (unpaired) electrons. The van der Waals surface area contributed by atoms with E-state index in [2.05, 4.69) is 61.0 Å². The molecule has 0 aliphatic heterocycles. The Morgan fingerprint density at radius 1 is 1.29 bits per heavy atom. The number of rotatable bonds is 2. The molecular formula is C9H6BrIN2S. The number of hydrogen-bond donors (Lipinski definition) is 1. The first kappa shape index (κ1) is 10.4. The van der Waals surface area contributed by atoms with Gasteiger partial charge in [0.1, 0.15) is 4.60 Å². The topological polar surface area (TPSA) is 24.9 Å². The third-order valence-electron chi connectivity index (χ3n) is 1.57. The van der Waals surface area contributed by atoms with Gasteiger partial charge < -0.3 is 5.32 Å². The van der Waals surface area contributed by atoms with E-state index in [9.17, 15) is 0 Å². The molecule has 0 spiro atoms. The maximum atomic E-state index is 4.25. The molecule has 0 aliphatic rings. The van der Waals surface area contributed by atoms with Crippen molar-refractivity contribution >= 4 is 60.7 Å². The lowest BCUT2D eigenvalue weighted by atomic mass is 10.3. The van der Waals surface area contributed by atoms with Gasteiger partial charge in [-0.2, -0.15) is 0 Å². The SMILES string of the molecule is Brc1csc(Nc2ccc(I)cc2)n1. The average molecular weight is 381 g/mol. The van der Waals surface area contributed by atoms with Crippen molar-refractivity contribution in [1.82, 2.24) is 4.98 Å². The van der Waals surface area contributed by atoms with Crippen LogP contribution in [0.5, 0.6) is 0 Å². The molecule has 0 saturated heterocycles. The van der Waals surface area contributed by atoms with Crippen LogP contribution in [0.1, 0.15) is 0 Å². The van der Waals surface area contributed by atoms with Crippen LogP contribution in [-0.2, 0) is 0 Å². The standard InChI is InChI=1S/C9H6BrIN2S/c10-8-5-14-9(13-8)12-7-3-1-6(11)2-4-7/h1-5H,(H,12,13). The summed E-state index contributed by atoms with van der Waals surface area (Å²) in [7, 11) is 0. The van der Waals surface area contributed by atoms with Gasteiger partial charge in [0.05, 0.1) is 0 Å². The van der Waals surface area contributed by atoms with Crippen molar-refractivity contribution in [2.45, 2.75) is 0 Å². The number of nitrogens with zero attached hydrogens (tertiary/aromatic N) is 1. The monoisotopic (exact) mass is 380 g/mol. The first-order valence-corrected chi connectivity index (χ1v) is 6.63. The molecule has 0 fully saturated rings. The molecule has 1 N–H and O–H groups in total. The Balaban J connectivity index is 2.15. The second-order valence-corrected chi connectivity index (χ2v) is 5.52. The molecule has 0 saturated carbocycles. The highest BCUT2D eigenvalue weighted by Gasteiger charge is 1.99. The van der Waals surface area contributed by atoms with Gasteiger partial charge in [-0.1, -0.05) is 0 Å². The number of halogens is 2. The maximum Gasteiger partial charge on any atom is 0.188 e. The number of benzene rings is 1. The number of hydrogen-bond acceptors (Lipinski definition) is 3. The Hall–Kier alpha value is -0.140. The molecule has 1 heterocycles. The summed E-state index contributed by atoms with van der Waals surface area (Å²) in [5, 5.41) is 6.08. The third-order valence-corrected chi connectivity index (χ3v) is 3.76. The molecule has 2 rings (SSSR count). The van der Waals surface area contributed by atoms with Crippen LogP contribution in [0, 0.1) is 3.57 Å². The number of thiazole rings is 1. The van der Waals surface area contributed by atoms with Gasteiger partial charge >= 0.3 is 0 Å². The van der Waals surface area contributed by atoms with Crippen molar-refractivity contribution in [1.29, 1.82) is 0 Å². The first-order valence-electron chi connectivity index (χ1n) is 3.88. The zero-order valence-electron chi connectivity index (χ0n) is 7.00. The summed E-state index contributed by atoms with van der Waals surface area (Å²) >= 11 is 7.18. The largest absolute Gasteiger partial charge is 0.332 e. The number of aromatic nitrogens is 1. The van der Waals surface area contributed by atoms with Crippen molar-refractivity contribution in [2.75, 3.05) is 5.32 Å². The Morgan fingerprint density at radius 3 is 2.57 bits per heavy atom. The fourth-order valence-electron chi connectivity index (χ4n) is 0.968. The smallest absolute Gasteiger partial charge is 0.188 e. The molecule has 72 valence electrons. The fourth-order valence-corrected chi connectivity index (χ4v) is 2.49. The van der Waals surface area contributed by atoms with Crippen molar-refractivity contribution in [3.63, 3.8) is 0 Å². The Kier molecular flexibility index (Phi) is 3.40. The summed E-state index contributed by atoms with van der Waals surface area (Å²) in [5.74, 6) is 0. The van der Waals surface area contributed by atoms with Crippen LogP contribution in [0.4, 0.5) is 10.8 Å². The van der Waals surface area contributed by atoms with Gasteiger partial charge in [0.2, 0.25) is 0 Å². The molecule has 0 unspecified atom stereocenters. The Morgan fingerprint density at radius 2 is 2.00 bits per heavy atom. The summed E-state index contributed by atoms with van der Waals surface area (Å²) in [6.45, 7) is 0. The molecule has 5 heteroatoms. The maximum absolute atomic E-state index is 4.25. The van der Waals surface area contributed by atoms with Gasteiger partial charge in [0.15, 0.2) is 5.13 Å². The van der Waals surface area contributed by atoms with Crippen LogP contribution in [0.2, 0.25) is 0 Å². The van der Waals surface area contributed by atoms with E-state index in [-0.39, 0.29) is 0 Å². The Labute approximate surface area is 108 Å². The van der Waals surface area contributed by atoms with E-state index in [1.165, 1.54) is 3.57 Å². The summed E-state index contributed by atoms with van der Waals surface area (Å²) in [6.07, 6.45) is 0. The second-order valence-electron chi connectivity index (χ2n) is 2.61. The highest BCUT2D eigenvalue weighted by molar-refractivity contribution is 14.1.